The van der Waals surface area contributed by atoms with Crippen LogP contribution in [0.25, 0.3) is 0 Å². The SMILES string of the molecule is Cc1ccc(C2=NN(C(=O)O)CC2n2cccn2)cc1.Cl. The first kappa shape index (κ1) is 15.1. The average molecular weight is 307 g/mol. The van der Waals surface area contributed by atoms with Crippen molar-refractivity contribution in [1.29, 1.82) is 0 Å². The number of hydrogen-bond donors (Lipinski definition) is 1. The molecule has 0 saturated carbocycles. The Morgan fingerprint density at radius 2 is 2.05 bits per heavy atom. The Morgan fingerprint density at radius 3 is 2.62 bits per heavy atom. The molecule has 21 heavy (non-hydrogen) atoms. The van der Waals surface area contributed by atoms with E-state index in [-0.39, 0.29) is 25.0 Å². The van der Waals surface area contributed by atoms with Crippen molar-refractivity contribution in [3.8, 4) is 0 Å². The van der Waals surface area contributed by atoms with Crippen molar-refractivity contribution in [2.75, 3.05) is 6.54 Å². The van der Waals surface area contributed by atoms with Gasteiger partial charge < -0.3 is 5.11 Å². The molecular weight excluding hydrogens is 292 g/mol. The van der Waals surface area contributed by atoms with E-state index in [1.807, 2.05) is 43.5 Å². The van der Waals surface area contributed by atoms with Gasteiger partial charge in [-0.15, -0.1) is 12.4 Å². The molecule has 0 saturated heterocycles. The average Bonchev–Trinajstić information content (AvgIpc) is 3.08. The molecule has 0 radical (unpaired) electrons. The Labute approximate surface area is 128 Å². The molecule has 110 valence electrons. The van der Waals surface area contributed by atoms with Gasteiger partial charge in [0.2, 0.25) is 0 Å². The zero-order valence-corrected chi connectivity index (χ0v) is 12.2. The Bertz CT molecular complexity index is 652. The topological polar surface area (TPSA) is 70.7 Å². The van der Waals surface area contributed by atoms with Crippen molar-refractivity contribution < 1.29 is 9.90 Å². The van der Waals surface area contributed by atoms with Gasteiger partial charge in [-0.1, -0.05) is 29.8 Å². The highest BCUT2D eigenvalue weighted by Gasteiger charge is 2.32. The van der Waals surface area contributed by atoms with Crippen LogP contribution in [0.1, 0.15) is 17.2 Å². The van der Waals surface area contributed by atoms with Crippen LogP contribution >= 0.6 is 12.4 Å². The first-order chi connectivity index (χ1) is 9.65. The van der Waals surface area contributed by atoms with Crippen molar-refractivity contribution in [3.63, 3.8) is 0 Å². The van der Waals surface area contributed by atoms with Gasteiger partial charge in [0.1, 0.15) is 6.04 Å². The maximum Gasteiger partial charge on any atom is 0.428 e. The van der Waals surface area contributed by atoms with Crippen molar-refractivity contribution in [1.82, 2.24) is 14.8 Å². The van der Waals surface area contributed by atoms with Crippen LogP contribution < -0.4 is 0 Å². The van der Waals surface area contributed by atoms with E-state index in [9.17, 15) is 4.79 Å². The first-order valence-electron chi connectivity index (χ1n) is 6.30. The standard InChI is InChI=1S/C14H14N4O2.ClH/c1-10-3-5-11(6-4-10)13-12(17-8-2-7-15-17)9-18(16-13)14(19)20;/h2-8,12H,9H2,1H3,(H,19,20);1H. The zero-order valence-electron chi connectivity index (χ0n) is 11.4. The fraction of sp³-hybridized carbons (Fsp3) is 0.214. The van der Waals surface area contributed by atoms with Gasteiger partial charge in [0.25, 0.3) is 0 Å². The molecule has 1 aliphatic rings. The third kappa shape index (κ3) is 2.90. The molecule has 1 unspecified atom stereocenters. The summed E-state index contributed by atoms with van der Waals surface area (Å²) in [6.07, 6.45) is 2.44. The van der Waals surface area contributed by atoms with Crippen LogP contribution in [-0.2, 0) is 0 Å². The number of carboxylic acid groups (broad SMARTS) is 1. The summed E-state index contributed by atoms with van der Waals surface area (Å²) < 4.78 is 1.74. The highest BCUT2D eigenvalue weighted by molar-refractivity contribution is 6.05. The molecule has 6 nitrogen and oxygen atoms in total. The molecule has 1 aromatic heterocycles. The zero-order chi connectivity index (χ0) is 14.1. The second kappa shape index (κ2) is 5.97. The fourth-order valence-electron chi connectivity index (χ4n) is 2.26. The maximum atomic E-state index is 11.1. The van der Waals surface area contributed by atoms with Gasteiger partial charge in [-0.2, -0.15) is 15.2 Å². The molecule has 1 aliphatic heterocycles. The molecule has 1 amide bonds. The number of aromatic nitrogens is 2. The van der Waals surface area contributed by atoms with Gasteiger partial charge in [0.05, 0.1) is 12.3 Å². The van der Waals surface area contributed by atoms with Gasteiger partial charge in [0, 0.05) is 18.0 Å². The van der Waals surface area contributed by atoms with E-state index in [1.54, 1.807) is 10.9 Å². The molecule has 0 aliphatic carbocycles. The number of nitrogens with zero attached hydrogens (tertiary/aromatic N) is 4. The molecule has 0 bridgehead atoms. The van der Waals surface area contributed by atoms with E-state index in [0.717, 1.165) is 21.8 Å². The monoisotopic (exact) mass is 306 g/mol. The molecule has 3 rings (SSSR count). The summed E-state index contributed by atoms with van der Waals surface area (Å²) in [5.41, 5.74) is 2.79. The molecular formula is C14H15ClN4O2. The van der Waals surface area contributed by atoms with Gasteiger partial charge in [-0.05, 0) is 13.0 Å². The number of rotatable bonds is 2. The minimum Gasteiger partial charge on any atom is -0.464 e. The maximum absolute atomic E-state index is 11.1. The second-order valence-electron chi connectivity index (χ2n) is 4.72. The summed E-state index contributed by atoms with van der Waals surface area (Å²) in [7, 11) is 0. The van der Waals surface area contributed by atoms with E-state index < -0.39 is 6.09 Å². The van der Waals surface area contributed by atoms with E-state index in [4.69, 9.17) is 5.11 Å². The van der Waals surface area contributed by atoms with Gasteiger partial charge in [0.15, 0.2) is 0 Å². The fourth-order valence-corrected chi connectivity index (χ4v) is 2.26. The summed E-state index contributed by atoms with van der Waals surface area (Å²) in [5, 5.41) is 18.6. The van der Waals surface area contributed by atoms with Crippen LogP contribution in [0.2, 0.25) is 0 Å². The second-order valence-corrected chi connectivity index (χ2v) is 4.72. The molecule has 0 spiro atoms. The first-order valence-corrected chi connectivity index (χ1v) is 6.30. The van der Waals surface area contributed by atoms with Crippen LogP contribution in [0.5, 0.6) is 0 Å². The van der Waals surface area contributed by atoms with Gasteiger partial charge in [-0.25, -0.2) is 4.79 Å². The number of hydrogen-bond acceptors (Lipinski definition) is 3. The Kier molecular flexibility index (Phi) is 4.28. The minimum atomic E-state index is -1.05. The normalized spacial score (nSPS) is 17.3. The van der Waals surface area contributed by atoms with Gasteiger partial charge in [-0.3, -0.25) is 4.68 Å². The van der Waals surface area contributed by atoms with Crippen molar-refractivity contribution in [3.05, 3.63) is 53.9 Å². The summed E-state index contributed by atoms with van der Waals surface area (Å²) in [6.45, 7) is 2.29. The lowest BCUT2D eigenvalue weighted by atomic mass is 10.0. The van der Waals surface area contributed by atoms with Crippen molar-refractivity contribution in [2.24, 2.45) is 5.10 Å². The molecule has 0 fully saturated rings. The molecule has 1 atom stereocenters. The molecule has 7 heteroatoms. The summed E-state index contributed by atoms with van der Waals surface area (Å²) >= 11 is 0. The lowest BCUT2D eigenvalue weighted by Crippen LogP contribution is -2.27. The van der Waals surface area contributed by atoms with E-state index in [2.05, 4.69) is 10.2 Å². The van der Waals surface area contributed by atoms with Crippen LogP contribution in [0, 0.1) is 6.92 Å². The van der Waals surface area contributed by atoms with E-state index in [0.29, 0.717) is 0 Å². The Morgan fingerprint density at radius 1 is 1.33 bits per heavy atom. The summed E-state index contributed by atoms with van der Waals surface area (Å²) in [6, 6.07) is 9.51. The third-order valence-corrected chi connectivity index (χ3v) is 3.30. The Hall–Kier alpha value is -2.34. The third-order valence-electron chi connectivity index (χ3n) is 3.30. The molecule has 1 aromatic carbocycles. The van der Waals surface area contributed by atoms with E-state index >= 15 is 0 Å². The van der Waals surface area contributed by atoms with Crippen LogP contribution in [0.3, 0.4) is 0 Å². The summed E-state index contributed by atoms with van der Waals surface area (Å²) in [5.74, 6) is 0. The number of hydrazone groups is 1. The number of benzene rings is 1. The van der Waals surface area contributed by atoms with Crippen LogP contribution in [0.15, 0.2) is 47.8 Å². The minimum absolute atomic E-state index is 0. The smallest absolute Gasteiger partial charge is 0.428 e. The number of carbonyl (C=O) groups is 1. The highest BCUT2D eigenvalue weighted by Crippen LogP contribution is 2.23. The van der Waals surface area contributed by atoms with Crippen LogP contribution in [-0.4, -0.2) is 38.2 Å². The Balaban J connectivity index is 0.00000161. The van der Waals surface area contributed by atoms with Crippen molar-refractivity contribution >= 4 is 24.2 Å². The van der Waals surface area contributed by atoms with Crippen LogP contribution in [0.4, 0.5) is 4.79 Å². The number of amides is 1. The molecule has 2 aromatic rings. The van der Waals surface area contributed by atoms with E-state index in [1.165, 1.54) is 0 Å². The summed E-state index contributed by atoms with van der Waals surface area (Å²) in [4.78, 5) is 11.1. The van der Waals surface area contributed by atoms with Gasteiger partial charge >= 0.3 is 6.09 Å². The lowest BCUT2D eigenvalue weighted by molar-refractivity contribution is 0.148. The van der Waals surface area contributed by atoms with Crippen molar-refractivity contribution in [2.45, 2.75) is 13.0 Å². The predicted molar refractivity (Wildman–Crippen MR) is 81.0 cm³/mol. The molecule has 1 N–H and O–H groups in total. The quantitative estimate of drug-likeness (QED) is 0.927. The largest absolute Gasteiger partial charge is 0.464 e. The molecule has 2 heterocycles. The number of halogens is 1. The lowest BCUT2D eigenvalue weighted by Gasteiger charge is -2.13. The number of aryl methyl sites for hydroxylation is 1. The predicted octanol–water partition coefficient (Wildman–Crippen LogP) is 2.55. The highest BCUT2D eigenvalue weighted by atomic mass is 35.5.